The van der Waals surface area contributed by atoms with Crippen LogP contribution in [0.15, 0.2) is 42.6 Å². The van der Waals surface area contributed by atoms with E-state index in [1.807, 2.05) is 6.20 Å². The molecule has 4 heterocycles. The first-order chi connectivity index (χ1) is 17.4. The number of benzene rings is 2. The van der Waals surface area contributed by atoms with Crippen LogP contribution in [0, 0.1) is 17.7 Å². The van der Waals surface area contributed by atoms with Gasteiger partial charge in [0, 0.05) is 40.4 Å². The lowest BCUT2D eigenvalue weighted by molar-refractivity contribution is -0.145. The summed E-state index contributed by atoms with van der Waals surface area (Å²) < 4.78 is 14.4. The van der Waals surface area contributed by atoms with Crippen molar-refractivity contribution in [3.8, 4) is 5.75 Å². The number of nitrogens with one attached hydrogen (secondary N) is 3. The largest absolute Gasteiger partial charge is 0.508 e. The number of amides is 3. The molecule has 3 aliphatic heterocycles. The first-order valence-electron chi connectivity index (χ1n) is 12.4. The number of fused-ring (bicyclic) bond motifs is 5. The number of rotatable bonds is 3. The van der Waals surface area contributed by atoms with Crippen molar-refractivity contribution in [2.45, 2.75) is 49.7 Å². The third-order valence-corrected chi connectivity index (χ3v) is 8.59. The molecule has 3 amide bonds. The standard InChI is InChI=1S/C27H25FN4O4/c28-14-5-7-20-18(10-14)27(26(36)30-20)23-22(24(34)32(25(23)35)15-3-1-2-4-15)21(31-27)9-13-12-29-19-8-6-16(33)11-17(13)19/h5-8,10-12,15,21-23,29,31,33H,1-4,9H2,(H,30,36). The Morgan fingerprint density at radius 3 is 2.67 bits per heavy atom. The molecule has 8 nitrogen and oxygen atoms in total. The number of hydrogen-bond donors (Lipinski definition) is 4. The van der Waals surface area contributed by atoms with Crippen LogP contribution in [0.25, 0.3) is 10.9 Å². The minimum absolute atomic E-state index is 0.121. The Kier molecular flexibility index (Phi) is 4.43. The van der Waals surface area contributed by atoms with E-state index in [0.717, 1.165) is 42.1 Å². The van der Waals surface area contributed by atoms with Crippen molar-refractivity contribution in [1.29, 1.82) is 0 Å². The van der Waals surface area contributed by atoms with Crippen molar-refractivity contribution >= 4 is 34.3 Å². The molecule has 1 aliphatic carbocycles. The number of imide groups is 1. The number of likely N-dealkylation sites (tertiary alicyclic amines) is 1. The summed E-state index contributed by atoms with van der Waals surface area (Å²) in [6.07, 6.45) is 5.61. The zero-order chi connectivity index (χ0) is 24.8. The fraction of sp³-hybridized carbons (Fsp3) is 0.370. The Hall–Kier alpha value is -3.72. The highest BCUT2D eigenvalue weighted by Crippen LogP contribution is 2.54. The summed E-state index contributed by atoms with van der Waals surface area (Å²) in [6.45, 7) is 0. The highest BCUT2D eigenvalue weighted by atomic mass is 19.1. The minimum atomic E-state index is -1.53. The second-order valence-corrected chi connectivity index (χ2v) is 10.4. The van der Waals surface area contributed by atoms with Gasteiger partial charge in [-0.15, -0.1) is 0 Å². The number of phenolic OH excluding ortho intramolecular Hbond substituents is 1. The first kappa shape index (κ1) is 21.6. The maximum atomic E-state index is 14.4. The van der Waals surface area contributed by atoms with Gasteiger partial charge in [-0.2, -0.15) is 0 Å². The predicted molar refractivity (Wildman–Crippen MR) is 128 cm³/mol. The number of carbonyl (C=O) groups excluding carboxylic acids is 3. The van der Waals surface area contributed by atoms with E-state index in [0.29, 0.717) is 17.7 Å². The van der Waals surface area contributed by atoms with Gasteiger partial charge >= 0.3 is 0 Å². The van der Waals surface area contributed by atoms with Crippen molar-refractivity contribution in [3.63, 3.8) is 0 Å². The monoisotopic (exact) mass is 488 g/mol. The number of hydrogen-bond acceptors (Lipinski definition) is 5. The van der Waals surface area contributed by atoms with Crippen LogP contribution >= 0.6 is 0 Å². The van der Waals surface area contributed by atoms with E-state index in [1.165, 1.54) is 23.1 Å². The molecule has 2 aromatic carbocycles. The van der Waals surface area contributed by atoms with Gasteiger partial charge < -0.3 is 15.4 Å². The van der Waals surface area contributed by atoms with E-state index in [1.54, 1.807) is 18.2 Å². The molecular formula is C27H25FN4O4. The summed E-state index contributed by atoms with van der Waals surface area (Å²) in [5.74, 6) is -3.16. The average Bonchev–Trinajstić information content (AvgIpc) is 3.65. The van der Waals surface area contributed by atoms with E-state index < -0.39 is 35.1 Å². The molecule has 184 valence electrons. The zero-order valence-corrected chi connectivity index (χ0v) is 19.4. The van der Waals surface area contributed by atoms with Gasteiger partial charge in [0.1, 0.15) is 17.1 Å². The van der Waals surface area contributed by atoms with Gasteiger partial charge in [-0.1, -0.05) is 12.8 Å². The molecule has 7 rings (SSSR count). The van der Waals surface area contributed by atoms with Crippen LogP contribution in [-0.4, -0.2) is 44.8 Å². The number of aromatic amines is 1. The Balaban J connectivity index is 1.36. The van der Waals surface area contributed by atoms with Crippen LogP contribution in [-0.2, 0) is 26.3 Å². The van der Waals surface area contributed by atoms with E-state index in [2.05, 4.69) is 15.6 Å². The molecule has 9 heteroatoms. The maximum absolute atomic E-state index is 14.4. The maximum Gasteiger partial charge on any atom is 0.250 e. The third-order valence-electron chi connectivity index (χ3n) is 8.59. The second kappa shape index (κ2) is 7.39. The summed E-state index contributed by atoms with van der Waals surface area (Å²) in [7, 11) is 0. The summed E-state index contributed by atoms with van der Waals surface area (Å²) in [5.41, 5.74) is 0.980. The summed E-state index contributed by atoms with van der Waals surface area (Å²) >= 11 is 0. The van der Waals surface area contributed by atoms with Crippen molar-refractivity contribution < 1.29 is 23.9 Å². The van der Waals surface area contributed by atoms with E-state index >= 15 is 0 Å². The quantitative estimate of drug-likeness (QED) is 0.424. The lowest BCUT2D eigenvalue weighted by Crippen LogP contribution is -2.54. The topological polar surface area (TPSA) is 115 Å². The number of H-pyrrole nitrogens is 1. The molecule has 2 saturated heterocycles. The highest BCUT2D eigenvalue weighted by molar-refractivity contribution is 6.15. The van der Waals surface area contributed by atoms with Crippen LogP contribution < -0.4 is 10.6 Å². The molecule has 4 aliphatic rings. The number of aromatic nitrogens is 1. The highest BCUT2D eigenvalue weighted by Gasteiger charge is 2.71. The fourth-order valence-corrected chi connectivity index (χ4v) is 7.07. The number of anilines is 1. The van der Waals surface area contributed by atoms with E-state index in [4.69, 9.17) is 0 Å². The molecule has 1 aromatic heterocycles. The first-order valence-corrected chi connectivity index (χ1v) is 12.4. The van der Waals surface area contributed by atoms with Gasteiger partial charge in [0.15, 0.2) is 0 Å². The van der Waals surface area contributed by atoms with Crippen LogP contribution in [0.5, 0.6) is 5.75 Å². The van der Waals surface area contributed by atoms with Crippen LogP contribution in [0.4, 0.5) is 10.1 Å². The van der Waals surface area contributed by atoms with Gasteiger partial charge in [-0.3, -0.25) is 24.6 Å². The van der Waals surface area contributed by atoms with Gasteiger partial charge in [0.2, 0.25) is 17.7 Å². The van der Waals surface area contributed by atoms with Crippen LogP contribution in [0.1, 0.15) is 36.8 Å². The number of aromatic hydroxyl groups is 1. The van der Waals surface area contributed by atoms with Crippen molar-refractivity contribution in [2.75, 3.05) is 5.32 Å². The van der Waals surface area contributed by atoms with Gasteiger partial charge in [0.25, 0.3) is 0 Å². The second-order valence-electron chi connectivity index (χ2n) is 10.4. The third kappa shape index (κ3) is 2.74. The Labute approximate surface area is 205 Å². The van der Waals surface area contributed by atoms with Crippen LogP contribution in [0.2, 0.25) is 0 Å². The Morgan fingerprint density at radius 1 is 1.06 bits per heavy atom. The van der Waals surface area contributed by atoms with E-state index in [9.17, 15) is 23.9 Å². The Morgan fingerprint density at radius 2 is 1.86 bits per heavy atom. The Bertz CT molecular complexity index is 1460. The van der Waals surface area contributed by atoms with Gasteiger partial charge in [-0.25, -0.2) is 4.39 Å². The van der Waals surface area contributed by atoms with Crippen molar-refractivity contribution in [2.24, 2.45) is 11.8 Å². The SMILES string of the molecule is O=C1C2C(Cc3c[nH]c4ccc(O)cc34)NC3(C(=O)Nc4ccc(F)cc43)C2C(=O)N1C1CCCC1. The lowest BCUT2D eigenvalue weighted by atomic mass is 9.76. The molecule has 4 unspecified atom stereocenters. The predicted octanol–water partition coefficient (Wildman–Crippen LogP) is 2.92. The molecule has 0 bridgehead atoms. The molecule has 3 aromatic rings. The molecule has 36 heavy (non-hydrogen) atoms. The fourth-order valence-electron chi connectivity index (χ4n) is 7.07. The molecule has 4 atom stereocenters. The average molecular weight is 489 g/mol. The summed E-state index contributed by atoms with van der Waals surface area (Å²) in [4.78, 5) is 46.0. The molecule has 0 radical (unpaired) electrons. The number of halogens is 1. The smallest absolute Gasteiger partial charge is 0.250 e. The van der Waals surface area contributed by atoms with Crippen molar-refractivity contribution in [1.82, 2.24) is 15.2 Å². The zero-order valence-electron chi connectivity index (χ0n) is 19.4. The molecule has 4 N–H and O–H groups in total. The van der Waals surface area contributed by atoms with Crippen LogP contribution in [0.3, 0.4) is 0 Å². The summed E-state index contributed by atoms with van der Waals surface area (Å²) in [5, 5.41) is 17.0. The molecular weight excluding hydrogens is 463 g/mol. The molecule has 3 fully saturated rings. The summed E-state index contributed by atoms with van der Waals surface area (Å²) in [6, 6.07) is 8.38. The number of phenols is 1. The van der Waals surface area contributed by atoms with E-state index in [-0.39, 0.29) is 23.6 Å². The van der Waals surface area contributed by atoms with Gasteiger partial charge in [0.05, 0.1) is 11.8 Å². The molecule has 1 saturated carbocycles. The normalized spacial score (nSPS) is 29.5. The molecule has 1 spiro atoms. The lowest BCUT2D eigenvalue weighted by Gasteiger charge is -2.31. The number of carbonyl (C=O) groups is 3. The van der Waals surface area contributed by atoms with Gasteiger partial charge in [-0.05, 0) is 61.2 Å². The number of nitrogens with zero attached hydrogens (tertiary/aromatic N) is 1. The minimum Gasteiger partial charge on any atom is -0.508 e. The van der Waals surface area contributed by atoms with Crippen molar-refractivity contribution in [3.05, 3.63) is 59.5 Å².